The molecular formula is C14H14FNO2. The van der Waals surface area contributed by atoms with Crippen molar-refractivity contribution in [3.8, 4) is 11.5 Å². The average Bonchev–Trinajstić information content (AvgIpc) is 2.40. The molecule has 0 aliphatic heterocycles. The molecule has 0 aliphatic rings. The van der Waals surface area contributed by atoms with E-state index in [4.69, 9.17) is 9.47 Å². The van der Waals surface area contributed by atoms with E-state index < -0.39 is 0 Å². The molecule has 2 aromatic rings. The van der Waals surface area contributed by atoms with Crippen molar-refractivity contribution in [1.29, 1.82) is 0 Å². The number of halogens is 1. The van der Waals surface area contributed by atoms with Crippen molar-refractivity contribution in [2.75, 3.05) is 19.5 Å². The number of hydrogen-bond acceptors (Lipinski definition) is 3. The summed E-state index contributed by atoms with van der Waals surface area (Å²) in [6.45, 7) is 0. The van der Waals surface area contributed by atoms with Gasteiger partial charge >= 0.3 is 0 Å². The second-order valence-electron chi connectivity index (χ2n) is 3.67. The van der Waals surface area contributed by atoms with Crippen LogP contribution in [0.2, 0.25) is 0 Å². The summed E-state index contributed by atoms with van der Waals surface area (Å²) in [5.41, 5.74) is 1.31. The number of para-hydroxylation sites is 2. The first-order chi connectivity index (χ1) is 8.74. The topological polar surface area (TPSA) is 30.5 Å². The highest BCUT2D eigenvalue weighted by Gasteiger charge is 2.07. The molecule has 0 aliphatic carbocycles. The van der Waals surface area contributed by atoms with Crippen molar-refractivity contribution in [2.24, 2.45) is 0 Å². The molecule has 0 saturated carbocycles. The third kappa shape index (κ3) is 2.53. The molecule has 0 fully saturated rings. The molecule has 1 N–H and O–H groups in total. The molecule has 94 valence electrons. The van der Waals surface area contributed by atoms with Gasteiger partial charge in [-0.05, 0) is 24.3 Å². The lowest BCUT2D eigenvalue weighted by atomic mass is 10.2. The summed E-state index contributed by atoms with van der Waals surface area (Å²) in [4.78, 5) is 0. The van der Waals surface area contributed by atoms with Gasteiger partial charge in [-0.15, -0.1) is 0 Å². The zero-order valence-electron chi connectivity index (χ0n) is 10.2. The fourth-order valence-corrected chi connectivity index (χ4v) is 1.67. The van der Waals surface area contributed by atoms with Crippen LogP contribution in [0.25, 0.3) is 0 Å². The normalized spacial score (nSPS) is 9.94. The van der Waals surface area contributed by atoms with E-state index in [-0.39, 0.29) is 5.82 Å². The number of nitrogens with one attached hydrogen (secondary N) is 1. The van der Waals surface area contributed by atoms with Crippen LogP contribution in [-0.4, -0.2) is 14.2 Å². The molecule has 0 aromatic heterocycles. The molecule has 0 spiro atoms. The minimum atomic E-state index is -0.326. The van der Waals surface area contributed by atoms with Crippen LogP contribution in [0.4, 0.5) is 15.8 Å². The molecule has 4 heteroatoms. The van der Waals surface area contributed by atoms with Crippen molar-refractivity contribution in [3.05, 3.63) is 48.3 Å². The minimum Gasteiger partial charge on any atom is -0.495 e. The predicted octanol–water partition coefficient (Wildman–Crippen LogP) is 3.59. The summed E-state index contributed by atoms with van der Waals surface area (Å²) in [5, 5.41) is 3.09. The number of anilines is 2. The Morgan fingerprint density at radius 2 is 1.56 bits per heavy atom. The molecule has 2 rings (SSSR count). The summed E-state index contributed by atoms with van der Waals surface area (Å²) in [7, 11) is 3.13. The van der Waals surface area contributed by atoms with Gasteiger partial charge in [0, 0.05) is 6.07 Å². The van der Waals surface area contributed by atoms with E-state index in [0.29, 0.717) is 17.2 Å². The number of benzene rings is 2. The van der Waals surface area contributed by atoms with Crippen molar-refractivity contribution in [2.45, 2.75) is 0 Å². The fraction of sp³-hybridized carbons (Fsp3) is 0.143. The van der Waals surface area contributed by atoms with Crippen LogP contribution < -0.4 is 14.8 Å². The number of rotatable bonds is 4. The molecule has 3 nitrogen and oxygen atoms in total. The van der Waals surface area contributed by atoms with Crippen molar-refractivity contribution in [1.82, 2.24) is 0 Å². The Morgan fingerprint density at radius 1 is 0.889 bits per heavy atom. The van der Waals surface area contributed by atoms with Gasteiger partial charge in [0.2, 0.25) is 0 Å². The quantitative estimate of drug-likeness (QED) is 0.895. The average molecular weight is 247 g/mol. The van der Waals surface area contributed by atoms with Gasteiger partial charge in [0.15, 0.2) is 0 Å². The molecule has 0 saturated heterocycles. The number of hydrogen-bond donors (Lipinski definition) is 1. The van der Waals surface area contributed by atoms with Gasteiger partial charge in [-0.1, -0.05) is 12.1 Å². The van der Waals surface area contributed by atoms with Crippen molar-refractivity contribution >= 4 is 11.4 Å². The van der Waals surface area contributed by atoms with Gasteiger partial charge in [0.1, 0.15) is 17.3 Å². The maximum absolute atomic E-state index is 13.2. The third-order valence-electron chi connectivity index (χ3n) is 2.54. The Kier molecular flexibility index (Phi) is 3.67. The van der Waals surface area contributed by atoms with Crippen LogP contribution in [0.5, 0.6) is 11.5 Å². The van der Waals surface area contributed by atoms with E-state index in [2.05, 4.69) is 5.32 Å². The molecule has 18 heavy (non-hydrogen) atoms. The maximum atomic E-state index is 13.2. The number of ether oxygens (including phenoxy) is 2. The van der Waals surface area contributed by atoms with E-state index in [1.807, 2.05) is 24.3 Å². The first kappa shape index (κ1) is 12.2. The largest absolute Gasteiger partial charge is 0.495 e. The fourth-order valence-electron chi connectivity index (χ4n) is 1.67. The molecular weight excluding hydrogens is 233 g/mol. The second-order valence-corrected chi connectivity index (χ2v) is 3.67. The third-order valence-corrected chi connectivity index (χ3v) is 2.54. The van der Waals surface area contributed by atoms with Crippen LogP contribution >= 0.6 is 0 Å². The minimum absolute atomic E-state index is 0.326. The van der Waals surface area contributed by atoms with Gasteiger partial charge in [-0.25, -0.2) is 4.39 Å². The molecule has 0 bridgehead atoms. The molecule has 0 unspecified atom stereocenters. The van der Waals surface area contributed by atoms with E-state index in [0.717, 1.165) is 5.69 Å². The second kappa shape index (κ2) is 5.40. The summed E-state index contributed by atoms with van der Waals surface area (Å²) >= 11 is 0. The summed E-state index contributed by atoms with van der Waals surface area (Å²) in [6.07, 6.45) is 0. The molecule has 0 radical (unpaired) electrons. The highest BCUT2D eigenvalue weighted by Crippen LogP contribution is 2.32. The van der Waals surface area contributed by atoms with Crippen LogP contribution in [0.3, 0.4) is 0 Å². The van der Waals surface area contributed by atoms with Crippen LogP contribution in [0, 0.1) is 5.82 Å². The van der Waals surface area contributed by atoms with Crippen molar-refractivity contribution < 1.29 is 13.9 Å². The lowest BCUT2D eigenvalue weighted by Gasteiger charge is -2.13. The van der Waals surface area contributed by atoms with Gasteiger partial charge in [0.25, 0.3) is 0 Å². The number of methoxy groups -OCH3 is 2. The lowest BCUT2D eigenvalue weighted by Crippen LogP contribution is -1.97. The Bertz CT molecular complexity index is 543. The lowest BCUT2D eigenvalue weighted by molar-refractivity contribution is 0.414. The Morgan fingerprint density at radius 3 is 2.28 bits per heavy atom. The first-order valence-corrected chi connectivity index (χ1v) is 5.48. The van der Waals surface area contributed by atoms with Crippen molar-refractivity contribution in [3.63, 3.8) is 0 Å². The monoisotopic (exact) mass is 247 g/mol. The molecule has 0 amide bonds. The molecule has 0 heterocycles. The summed E-state index contributed by atoms with van der Waals surface area (Å²) in [5.74, 6) is 0.930. The highest BCUT2D eigenvalue weighted by molar-refractivity contribution is 5.70. The van der Waals surface area contributed by atoms with Crippen LogP contribution in [-0.2, 0) is 0 Å². The predicted molar refractivity (Wildman–Crippen MR) is 69.2 cm³/mol. The van der Waals surface area contributed by atoms with Crippen LogP contribution in [0.1, 0.15) is 0 Å². The van der Waals surface area contributed by atoms with Crippen LogP contribution in [0.15, 0.2) is 42.5 Å². The summed E-state index contributed by atoms with van der Waals surface area (Å²) in [6, 6.07) is 11.7. The Hall–Kier alpha value is -2.23. The van der Waals surface area contributed by atoms with Gasteiger partial charge in [-0.3, -0.25) is 0 Å². The van der Waals surface area contributed by atoms with E-state index in [1.165, 1.54) is 12.1 Å². The standard InChI is InChI=1S/C14H14FNO2/c1-17-13-6-4-3-5-11(13)16-12-9-10(15)7-8-14(12)18-2/h3-9,16H,1-2H3. The maximum Gasteiger partial charge on any atom is 0.142 e. The van der Waals surface area contributed by atoms with Gasteiger partial charge in [-0.2, -0.15) is 0 Å². The molecule has 0 atom stereocenters. The smallest absolute Gasteiger partial charge is 0.142 e. The first-order valence-electron chi connectivity index (χ1n) is 5.48. The van der Waals surface area contributed by atoms with E-state index >= 15 is 0 Å². The zero-order valence-corrected chi connectivity index (χ0v) is 10.2. The van der Waals surface area contributed by atoms with Gasteiger partial charge < -0.3 is 14.8 Å². The zero-order chi connectivity index (χ0) is 13.0. The summed E-state index contributed by atoms with van der Waals surface area (Å²) < 4.78 is 23.6. The Balaban J connectivity index is 2.36. The Labute approximate surface area is 105 Å². The van der Waals surface area contributed by atoms with Gasteiger partial charge in [0.05, 0.1) is 25.6 Å². The SMILES string of the molecule is COc1ccccc1Nc1cc(F)ccc1OC. The van der Waals surface area contributed by atoms with E-state index in [1.54, 1.807) is 20.3 Å². The van der Waals surface area contributed by atoms with E-state index in [9.17, 15) is 4.39 Å². The highest BCUT2D eigenvalue weighted by atomic mass is 19.1. The molecule has 2 aromatic carbocycles.